The van der Waals surface area contributed by atoms with Crippen molar-refractivity contribution in [3.8, 4) is 0 Å². The predicted octanol–water partition coefficient (Wildman–Crippen LogP) is 1.23. The number of anilines is 2. The Morgan fingerprint density at radius 2 is 2.05 bits per heavy atom. The summed E-state index contributed by atoms with van der Waals surface area (Å²) >= 11 is 0. The van der Waals surface area contributed by atoms with Crippen molar-refractivity contribution >= 4 is 27.2 Å². The maximum absolute atomic E-state index is 12.3. The average Bonchev–Trinajstić information content (AvgIpc) is 2.46. The number of nitrogens with one attached hydrogen (secondary N) is 2. The Balaban J connectivity index is 2.52. The minimum Gasteiger partial charge on any atom is -0.383 e. The summed E-state index contributed by atoms with van der Waals surface area (Å²) in [4.78, 5) is 17.4. The van der Waals surface area contributed by atoms with Gasteiger partial charge in [-0.05, 0) is 12.1 Å². The predicted molar refractivity (Wildman–Crippen MR) is 75.5 cm³/mol. The Labute approximate surface area is 120 Å². The molecule has 0 amide bonds. The zero-order valence-corrected chi connectivity index (χ0v) is 11.7. The highest BCUT2D eigenvalue weighted by molar-refractivity contribution is 7.92. The molecule has 1 heterocycles. The SMILES string of the molecule is CNc1cccc(S(=O)(=O)Nc2cnccn2)c1[N+](=O)[O-]. The highest BCUT2D eigenvalue weighted by Gasteiger charge is 2.29. The Morgan fingerprint density at radius 1 is 1.29 bits per heavy atom. The molecule has 9 nitrogen and oxygen atoms in total. The van der Waals surface area contributed by atoms with E-state index in [1.54, 1.807) is 0 Å². The molecule has 0 atom stereocenters. The lowest BCUT2D eigenvalue weighted by atomic mass is 10.3. The Hall–Kier alpha value is -2.75. The van der Waals surface area contributed by atoms with Gasteiger partial charge in [-0.15, -0.1) is 0 Å². The van der Waals surface area contributed by atoms with Gasteiger partial charge >= 0.3 is 5.69 Å². The van der Waals surface area contributed by atoms with E-state index in [4.69, 9.17) is 0 Å². The monoisotopic (exact) mass is 309 g/mol. The second-order valence-corrected chi connectivity index (χ2v) is 5.51. The molecule has 0 aliphatic heterocycles. The highest BCUT2D eigenvalue weighted by atomic mass is 32.2. The van der Waals surface area contributed by atoms with Gasteiger partial charge in [-0.2, -0.15) is 0 Å². The van der Waals surface area contributed by atoms with Crippen LogP contribution in [0.5, 0.6) is 0 Å². The number of hydrogen-bond acceptors (Lipinski definition) is 7. The summed E-state index contributed by atoms with van der Waals surface area (Å²) in [6.45, 7) is 0. The van der Waals surface area contributed by atoms with Gasteiger partial charge in [0.25, 0.3) is 10.0 Å². The van der Waals surface area contributed by atoms with Crippen LogP contribution in [0, 0.1) is 10.1 Å². The lowest BCUT2D eigenvalue weighted by molar-refractivity contribution is -0.386. The fourth-order valence-electron chi connectivity index (χ4n) is 1.67. The van der Waals surface area contributed by atoms with Crippen LogP contribution in [-0.2, 0) is 10.0 Å². The summed E-state index contributed by atoms with van der Waals surface area (Å²) in [5, 5.41) is 13.7. The molecular weight excluding hydrogens is 298 g/mol. The molecular formula is C11H11N5O4S. The minimum atomic E-state index is -4.16. The lowest BCUT2D eigenvalue weighted by Crippen LogP contribution is -2.16. The summed E-state index contributed by atoms with van der Waals surface area (Å²) in [6.07, 6.45) is 3.88. The van der Waals surface area contributed by atoms with E-state index in [2.05, 4.69) is 20.0 Å². The third-order valence-corrected chi connectivity index (χ3v) is 3.93. The van der Waals surface area contributed by atoms with Crippen molar-refractivity contribution in [1.82, 2.24) is 9.97 Å². The van der Waals surface area contributed by atoms with E-state index in [1.165, 1.54) is 37.8 Å². The molecule has 0 unspecified atom stereocenters. The summed E-state index contributed by atoms with van der Waals surface area (Å²) in [6, 6.07) is 3.97. The Morgan fingerprint density at radius 3 is 2.62 bits per heavy atom. The second kappa shape index (κ2) is 5.71. The van der Waals surface area contributed by atoms with Gasteiger partial charge in [-0.3, -0.25) is 19.8 Å². The first-order chi connectivity index (χ1) is 9.95. The van der Waals surface area contributed by atoms with Crippen molar-refractivity contribution in [3.05, 3.63) is 46.9 Å². The standard InChI is InChI=1S/C11H11N5O4S/c1-12-8-3-2-4-9(11(8)16(17)18)21(19,20)15-10-7-13-5-6-14-10/h2-7,12H,1H3,(H,14,15). The molecule has 0 bridgehead atoms. The second-order valence-electron chi connectivity index (χ2n) is 3.86. The molecule has 110 valence electrons. The molecule has 0 spiro atoms. The molecule has 0 aliphatic carbocycles. The summed E-state index contributed by atoms with van der Waals surface area (Å²) in [7, 11) is -2.69. The fraction of sp³-hybridized carbons (Fsp3) is 0.0909. The summed E-state index contributed by atoms with van der Waals surface area (Å²) in [5.74, 6) is -0.0262. The van der Waals surface area contributed by atoms with E-state index in [0.717, 1.165) is 6.07 Å². The molecule has 10 heteroatoms. The molecule has 2 aromatic rings. The molecule has 2 N–H and O–H groups in total. The number of hydrogen-bond donors (Lipinski definition) is 2. The number of para-hydroxylation sites is 1. The van der Waals surface area contributed by atoms with Crippen LogP contribution in [0.3, 0.4) is 0 Å². The van der Waals surface area contributed by atoms with E-state index in [9.17, 15) is 18.5 Å². The molecule has 0 aliphatic rings. The van der Waals surface area contributed by atoms with Gasteiger partial charge < -0.3 is 5.32 Å². The van der Waals surface area contributed by atoms with Crippen LogP contribution < -0.4 is 10.0 Å². The van der Waals surface area contributed by atoms with Crippen molar-refractivity contribution in [2.45, 2.75) is 4.90 Å². The first kappa shape index (κ1) is 14.7. The van der Waals surface area contributed by atoms with E-state index in [0.29, 0.717) is 0 Å². The Kier molecular flexibility index (Phi) is 3.98. The topological polar surface area (TPSA) is 127 Å². The van der Waals surface area contributed by atoms with Crippen molar-refractivity contribution in [2.24, 2.45) is 0 Å². The molecule has 0 fully saturated rings. The first-order valence-corrected chi connectivity index (χ1v) is 7.18. The zero-order valence-electron chi connectivity index (χ0n) is 10.8. The molecule has 0 radical (unpaired) electrons. The number of rotatable bonds is 5. The van der Waals surface area contributed by atoms with E-state index >= 15 is 0 Å². The quantitative estimate of drug-likeness (QED) is 0.628. The number of aromatic nitrogens is 2. The van der Waals surface area contributed by atoms with Crippen LogP contribution in [0.15, 0.2) is 41.7 Å². The molecule has 0 saturated heterocycles. The zero-order chi connectivity index (χ0) is 15.5. The summed E-state index contributed by atoms with van der Waals surface area (Å²) in [5.41, 5.74) is -0.432. The third kappa shape index (κ3) is 3.05. The van der Waals surface area contributed by atoms with Crippen molar-refractivity contribution in [2.75, 3.05) is 17.1 Å². The van der Waals surface area contributed by atoms with E-state index in [-0.39, 0.29) is 11.5 Å². The van der Waals surface area contributed by atoms with Crippen molar-refractivity contribution < 1.29 is 13.3 Å². The van der Waals surface area contributed by atoms with Crippen molar-refractivity contribution in [1.29, 1.82) is 0 Å². The normalized spacial score (nSPS) is 10.9. The summed E-state index contributed by atoms with van der Waals surface area (Å²) < 4.78 is 26.7. The van der Waals surface area contributed by atoms with Crippen LogP contribution in [0.1, 0.15) is 0 Å². The first-order valence-electron chi connectivity index (χ1n) is 5.69. The molecule has 1 aromatic heterocycles. The lowest BCUT2D eigenvalue weighted by Gasteiger charge is -2.09. The molecule has 2 rings (SSSR count). The fourth-order valence-corrected chi connectivity index (χ4v) is 2.86. The number of sulfonamides is 1. The maximum Gasteiger partial charge on any atom is 0.312 e. The average molecular weight is 309 g/mol. The smallest absolute Gasteiger partial charge is 0.312 e. The third-order valence-electron chi connectivity index (χ3n) is 2.54. The van der Waals surface area contributed by atoms with Gasteiger partial charge in [-0.1, -0.05) is 6.07 Å². The van der Waals surface area contributed by atoms with Gasteiger partial charge in [0.15, 0.2) is 10.7 Å². The van der Waals surface area contributed by atoms with Gasteiger partial charge in [0, 0.05) is 19.4 Å². The van der Waals surface area contributed by atoms with Gasteiger partial charge in [0.05, 0.1) is 11.1 Å². The minimum absolute atomic E-state index is 0.0262. The number of benzene rings is 1. The van der Waals surface area contributed by atoms with Gasteiger partial charge in [0.1, 0.15) is 5.69 Å². The van der Waals surface area contributed by atoms with E-state index in [1.807, 2.05) is 0 Å². The number of nitro benzene ring substituents is 1. The van der Waals surface area contributed by atoms with Crippen LogP contribution in [0.2, 0.25) is 0 Å². The molecule has 0 saturated carbocycles. The number of nitro groups is 1. The largest absolute Gasteiger partial charge is 0.383 e. The van der Waals surface area contributed by atoms with Gasteiger partial charge in [0.2, 0.25) is 0 Å². The van der Waals surface area contributed by atoms with Crippen LogP contribution >= 0.6 is 0 Å². The van der Waals surface area contributed by atoms with E-state index < -0.39 is 25.5 Å². The molecule has 1 aromatic carbocycles. The number of nitrogens with zero attached hydrogens (tertiary/aromatic N) is 3. The van der Waals surface area contributed by atoms with Crippen LogP contribution in [0.4, 0.5) is 17.2 Å². The molecule has 21 heavy (non-hydrogen) atoms. The van der Waals surface area contributed by atoms with Gasteiger partial charge in [-0.25, -0.2) is 13.4 Å². The van der Waals surface area contributed by atoms with Crippen LogP contribution in [-0.4, -0.2) is 30.4 Å². The maximum atomic E-state index is 12.3. The Bertz CT molecular complexity index is 763. The highest BCUT2D eigenvalue weighted by Crippen LogP contribution is 2.32. The van der Waals surface area contributed by atoms with Crippen molar-refractivity contribution in [3.63, 3.8) is 0 Å². The van der Waals surface area contributed by atoms with Crippen LogP contribution in [0.25, 0.3) is 0 Å².